The number of benzene rings is 1. The van der Waals surface area contributed by atoms with Gasteiger partial charge in [-0.3, -0.25) is 9.78 Å². The van der Waals surface area contributed by atoms with Gasteiger partial charge in [0, 0.05) is 35.0 Å². The topological polar surface area (TPSA) is 66.9 Å². The zero-order valence-electron chi connectivity index (χ0n) is 16.7. The fourth-order valence-corrected chi connectivity index (χ4v) is 5.50. The van der Waals surface area contributed by atoms with E-state index in [-0.39, 0.29) is 24.2 Å². The lowest BCUT2D eigenvalue weighted by atomic mass is 9.99. The molecule has 0 amide bonds. The Balaban J connectivity index is 1.67. The van der Waals surface area contributed by atoms with Crippen LogP contribution in [0.15, 0.2) is 53.0 Å². The molecule has 2 aliphatic heterocycles. The number of allylic oxidation sites excluding steroid dienone is 1. The number of Topliss-reactive ketones (excluding diaryl/α,β-unsaturated/α-hetero) is 1. The van der Waals surface area contributed by atoms with Crippen LogP contribution >= 0.6 is 23.5 Å². The number of ketones is 1. The fraction of sp³-hybridized carbons (Fsp3) is 0.364. The highest BCUT2D eigenvalue weighted by molar-refractivity contribution is 8.22. The Morgan fingerprint density at radius 2 is 1.35 bits per heavy atom. The Bertz CT molecular complexity index is 876. The third kappa shape index (κ3) is 6.15. The van der Waals surface area contributed by atoms with Gasteiger partial charge >= 0.3 is 0 Å². The highest BCUT2D eigenvalue weighted by Crippen LogP contribution is 2.39. The molecule has 0 radical (unpaired) electrons. The summed E-state index contributed by atoms with van der Waals surface area (Å²) in [5.74, 6) is 0.503. The number of hydrogen-bond acceptors (Lipinski definition) is 8. The zero-order chi connectivity index (χ0) is 21.5. The third-order valence-corrected chi connectivity index (χ3v) is 7.11. The number of thioether (sulfide) groups is 2. The molecule has 0 atom stereocenters. The van der Waals surface area contributed by atoms with Crippen LogP contribution in [-0.4, -0.2) is 61.3 Å². The van der Waals surface area contributed by atoms with Gasteiger partial charge in [0.05, 0.1) is 30.7 Å². The minimum atomic E-state index is -0.388. The Kier molecular flexibility index (Phi) is 8.12. The summed E-state index contributed by atoms with van der Waals surface area (Å²) in [4.78, 5) is 17.6. The van der Waals surface area contributed by atoms with Crippen molar-refractivity contribution in [2.24, 2.45) is 0 Å². The summed E-state index contributed by atoms with van der Waals surface area (Å²) in [5.41, 5.74) is 1.68. The first kappa shape index (κ1) is 22.4. The predicted molar refractivity (Wildman–Crippen MR) is 118 cm³/mol. The maximum Gasteiger partial charge on any atom is 0.195 e. The van der Waals surface area contributed by atoms with E-state index in [1.165, 1.54) is 47.8 Å². The van der Waals surface area contributed by atoms with Gasteiger partial charge in [-0.05, 0) is 42.0 Å². The van der Waals surface area contributed by atoms with Crippen molar-refractivity contribution >= 4 is 34.9 Å². The number of pyridine rings is 1. The molecular formula is C22H22FNO5S2. The van der Waals surface area contributed by atoms with Crippen LogP contribution in [0.5, 0.6) is 0 Å². The molecule has 2 aromatic rings. The molecule has 6 nitrogen and oxygen atoms in total. The van der Waals surface area contributed by atoms with Crippen molar-refractivity contribution < 1.29 is 28.1 Å². The zero-order valence-corrected chi connectivity index (χ0v) is 18.3. The van der Waals surface area contributed by atoms with Gasteiger partial charge in [-0.15, -0.1) is 23.5 Å². The fourth-order valence-electron chi connectivity index (χ4n) is 3.09. The summed E-state index contributed by atoms with van der Waals surface area (Å²) in [5, 5.41) is 0. The van der Waals surface area contributed by atoms with Crippen LogP contribution < -0.4 is 0 Å². The van der Waals surface area contributed by atoms with Gasteiger partial charge in [0.25, 0.3) is 0 Å². The first-order valence-electron chi connectivity index (χ1n) is 9.87. The van der Waals surface area contributed by atoms with Gasteiger partial charge in [-0.2, -0.15) is 0 Å². The van der Waals surface area contributed by atoms with Crippen molar-refractivity contribution in [3.05, 3.63) is 70.0 Å². The lowest BCUT2D eigenvalue weighted by molar-refractivity contribution is -0.0214. The lowest BCUT2D eigenvalue weighted by Crippen LogP contribution is -2.14. The Morgan fingerprint density at radius 3 is 1.87 bits per heavy atom. The quantitative estimate of drug-likeness (QED) is 0.409. The molecule has 31 heavy (non-hydrogen) atoms. The average Bonchev–Trinajstić information content (AvgIpc) is 3.51. The number of halogens is 1. The number of hydrogen-bond donors (Lipinski definition) is 0. The van der Waals surface area contributed by atoms with E-state index < -0.39 is 0 Å². The summed E-state index contributed by atoms with van der Waals surface area (Å²) in [7, 11) is 0. The summed E-state index contributed by atoms with van der Waals surface area (Å²) in [6, 6.07) is 9.16. The summed E-state index contributed by atoms with van der Waals surface area (Å²) < 4.78 is 36.5. The van der Waals surface area contributed by atoms with Gasteiger partial charge in [0.2, 0.25) is 0 Å². The minimum Gasteiger partial charge on any atom is -0.349 e. The molecular weight excluding hydrogens is 441 g/mol. The van der Waals surface area contributed by atoms with E-state index in [0.717, 1.165) is 9.80 Å². The molecule has 0 unspecified atom stereocenters. The first-order chi connectivity index (χ1) is 15.2. The summed E-state index contributed by atoms with van der Waals surface area (Å²) in [6.07, 6.45) is 2.65. The minimum absolute atomic E-state index is 0.192. The van der Waals surface area contributed by atoms with E-state index in [2.05, 4.69) is 4.98 Å². The third-order valence-electron chi connectivity index (χ3n) is 4.59. The van der Waals surface area contributed by atoms with Gasteiger partial charge in [-0.25, -0.2) is 4.39 Å². The average molecular weight is 464 g/mol. The molecule has 0 spiro atoms. The smallest absolute Gasteiger partial charge is 0.195 e. The maximum atomic E-state index is 13.5. The Hall–Kier alpha value is -1.75. The van der Waals surface area contributed by atoms with Crippen LogP contribution in [0.4, 0.5) is 4.39 Å². The molecule has 0 bridgehead atoms. The molecule has 0 N–H and O–H groups in total. The second-order valence-electron chi connectivity index (χ2n) is 6.70. The predicted octanol–water partition coefficient (Wildman–Crippen LogP) is 3.98. The maximum absolute atomic E-state index is 13.5. The van der Waals surface area contributed by atoms with E-state index in [4.69, 9.17) is 18.9 Å². The largest absolute Gasteiger partial charge is 0.349 e. The van der Waals surface area contributed by atoms with Crippen molar-refractivity contribution in [2.75, 3.05) is 37.9 Å². The normalized spacial score (nSPS) is 17.2. The summed E-state index contributed by atoms with van der Waals surface area (Å²) in [6.45, 7) is 2.25. The van der Waals surface area contributed by atoms with Crippen LogP contribution in [0.1, 0.15) is 15.9 Å². The molecule has 3 heterocycles. The van der Waals surface area contributed by atoms with Gasteiger partial charge in [0.1, 0.15) is 5.82 Å². The molecule has 0 aliphatic carbocycles. The molecule has 2 fully saturated rings. The number of nitrogens with zero attached hydrogens (tertiary/aromatic N) is 1. The SMILES string of the molecule is O=C(C(=C(SCC1OCCO1)SCC1OCCO1)c1ccncc1)c1ccc(F)cc1. The standard InChI is InChI=1S/C22H22FNO5S2/c23-17-3-1-16(2-4-17)21(25)20(15-5-7-24-8-6-15)22(30-13-18-26-9-10-27-18)31-14-19-28-11-12-29-19/h1-8,18-19H,9-14H2. The van der Waals surface area contributed by atoms with Crippen molar-refractivity contribution in [3.63, 3.8) is 0 Å². The van der Waals surface area contributed by atoms with Crippen molar-refractivity contribution in [3.8, 4) is 0 Å². The van der Waals surface area contributed by atoms with Gasteiger partial charge in [-0.1, -0.05) is 0 Å². The van der Waals surface area contributed by atoms with Crippen LogP contribution in [-0.2, 0) is 18.9 Å². The molecule has 1 aromatic carbocycles. The van der Waals surface area contributed by atoms with E-state index in [0.29, 0.717) is 49.1 Å². The van der Waals surface area contributed by atoms with Crippen LogP contribution in [0.25, 0.3) is 5.57 Å². The second kappa shape index (κ2) is 11.2. The summed E-state index contributed by atoms with van der Waals surface area (Å²) >= 11 is 2.99. The van der Waals surface area contributed by atoms with Gasteiger partial charge in [0.15, 0.2) is 18.4 Å². The van der Waals surface area contributed by atoms with Crippen molar-refractivity contribution in [1.29, 1.82) is 0 Å². The van der Waals surface area contributed by atoms with Crippen molar-refractivity contribution in [2.45, 2.75) is 12.6 Å². The molecule has 164 valence electrons. The van der Waals surface area contributed by atoms with E-state index in [1.54, 1.807) is 24.5 Å². The highest BCUT2D eigenvalue weighted by Gasteiger charge is 2.25. The van der Waals surface area contributed by atoms with Crippen LogP contribution in [0, 0.1) is 5.82 Å². The van der Waals surface area contributed by atoms with E-state index >= 15 is 0 Å². The molecule has 0 saturated carbocycles. The van der Waals surface area contributed by atoms with Crippen LogP contribution in [0.3, 0.4) is 0 Å². The Morgan fingerprint density at radius 1 is 0.839 bits per heavy atom. The second-order valence-corrected chi connectivity index (χ2v) is 9.02. The van der Waals surface area contributed by atoms with Crippen LogP contribution in [0.2, 0.25) is 0 Å². The molecule has 2 saturated heterocycles. The highest BCUT2D eigenvalue weighted by atomic mass is 32.2. The molecule has 1 aromatic heterocycles. The van der Waals surface area contributed by atoms with E-state index in [1.807, 2.05) is 0 Å². The van der Waals surface area contributed by atoms with Crippen molar-refractivity contribution in [1.82, 2.24) is 4.98 Å². The first-order valence-corrected chi connectivity index (χ1v) is 11.8. The van der Waals surface area contributed by atoms with Gasteiger partial charge < -0.3 is 18.9 Å². The number of carbonyl (C=O) groups excluding carboxylic acids is 1. The monoisotopic (exact) mass is 463 g/mol. The number of ether oxygens (including phenoxy) is 4. The molecule has 9 heteroatoms. The molecule has 4 rings (SSSR count). The lowest BCUT2D eigenvalue weighted by Gasteiger charge is -2.17. The number of aromatic nitrogens is 1. The van der Waals surface area contributed by atoms with E-state index in [9.17, 15) is 9.18 Å². The Labute approximate surface area is 188 Å². The number of carbonyl (C=O) groups is 1. The molecule has 2 aliphatic rings. The number of rotatable bonds is 9.